The van der Waals surface area contributed by atoms with Crippen molar-refractivity contribution in [2.24, 2.45) is 4.99 Å². The summed E-state index contributed by atoms with van der Waals surface area (Å²) in [4.78, 5) is 17.4. The summed E-state index contributed by atoms with van der Waals surface area (Å²) >= 11 is 1.42. The van der Waals surface area contributed by atoms with E-state index in [2.05, 4.69) is 4.99 Å². The monoisotopic (exact) mass is 368 g/mol. The van der Waals surface area contributed by atoms with Crippen molar-refractivity contribution >= 4 is 32.7 Å². The molecule has 0 N–H and O–H groups in total. The van der Waals surface area contributed by atoms with Crippen LogP contribution in [0.3, 0.4) is 0 Å². The number of sulfone groups is 1. The van der Waals surface area contributed by atoms with Crippen LogP contribution in [0.4, 0.5) is 0 Å². The van der Waals surface area contributed by atoms with Crippen molar-refractivity contribution in [1.29, 1.82) is 0 Å². The SMILES string of the molecule is COc1ccc(CCN2C(=NC(C)=O)S[C@@H]3CS(=O)(=O)C[C@H]32)cc1. The summed E-state index contributed by atoms with van der Waals surface area (Å²) in [5, 5.41) is 0.630. The number of rotatable bonds is 4. The van der Waals surface area contributed by atoms with E-state index in [1.807, 2.05) is 29.2 Å². The maximum Gasteiger partial charge on any atom is 0.244 e. The number of hydrogen-bond acceptors (Lipinski definition) is 5. The molecule has 24 heavy (non-hydrogen) atoms. The molecule has 0 radical (unpaired) electrons. The van der Waals surface area contributed by atoms with Crippen LogP contribution in [-0.4, -0.2) is 60.8 Å². The number of amidine groups is 1. The number of thioether (sulfide) groups is 1. The third kappa shape index (κ3) is 3.75. The summed E-state index contributed by atoms with van der Waals surface area (Å²) < 4.78 is 29.0. The second kappa shape index (κ2) is 6.76. The minimum atomic E-state index is -3.00. The summed E-state index contributed by atoms with van der Waals surface area (Å²) in [7, 11) is -1.37. The first-order chi connectivity index (χ1) is 11.4. The standard InChI is InChI=1S/C16H20N2O4S2/c1-11(19)17-16-18(14-9-24(20,21)10-15(14)23-16)8-7-12-3-5-13(22-2)6-4-12/h3-6,14-15H,7-10H2,1-2H3/t14-,15-/m1/s1. The van der Waals surface area contributed by atoms with Gasteiger partial charge in [-0.15, -0.1) is 0 Å². The average Bonchev–Trinajstić information content (AvgIpc) is 2.96. The molecule has 2 saturated heterocycles. The molecule has 2 aliphatic heterocycles. The third-order valence-electron chi connectivity index (χ3n) is 4.23. The summed E-state index contributed by atoms with van der Waals surface area (Å²) in [6.07, 6.45) is 0.755. The van der Waals surface area contributed by atoms with Crippen LogP contribution in [0.25, 0.3) is 0 Å². The number of carbonyl (C=O) groups is 1. The highest BCUT2D eigenvalue weighted by Gasteiger charge is 2.48. The molecule has 2 aliphatic rings. The van der Waals surface area contributed by atoms with Gasteiger partial charge in [-0.2, -0.15) is 4.99 Å². The highest BCUT2D eigenvalue weighted by Crippen LogP contribution is 2.38. The molecule has 8 heteroatoms. The predicted molar refractivity (Wildman–Crippen MR) is 95.3 cm³/mol. The first-order valence-corrected chi connectivity index (χ1v) is 10.4. The number of benzene rings is 1. The van der Waals surface area contributed by atoms with Crippen molar-refractivity contribution < 1.29 is 17.9 Å². The molecule has 1 aromatic carbocycles. The number of carbonyl (C=O) groups excluding carboxylic acids is 1. The average molecular weight is 368 g/mol. The summed E-state index contributed by atoms with van der Waals surface area (Å²) in [6.45, 7) is 2.06. The van der Waals surface area contributed by atoms with Crippen molar-refractivity contribution in [1.82, 2.24) is 4.90 Å². The van der Waals surface area contributed by atoms with E-state index in [1.165, 1.54) is 18.7 Å². The Morgan fingerprint density at radius 1 is 1.33 bits per heavy atom. The molecular weight excluding hydrogens is 348 g/mol. The van der Waals surface area contributed by atoms with E-state index in [1.54, 1.807) is 7.11 Å². The minimum Gasteiger partial charge on any atom is -0.497 e. The molecule has 0 unspecified atom stereocenters. The lowest BCUT2D eigenvalue weighted by Crippen LogP contribution is -2.39. The second-order valence-electron chi connectivity index (χ2n) is 6.01. The molecule has 3 rings (SSSR count). The van der Waals surface area contributed by atoms with Gasteiger partial charge in [0.05, 0.1) is 24.7 Å². The zero-order valence-electron chi connectivity index (χ0n) is 13.6. The first-order valence-electron chi connectivity index (χ1n) is 7.74. The summed E-state index contributed by atoms with van der Waals surface area (Å²) in [6, 6.07) is 7.71. The minimum absolute atomic E-state index is 0.0241. The molecule has 0 aliphatic carbocycles. The van der Waals surface area contributed by atoms with Crippen LogP contribution in [0.5, 0.6) is 5.75 Å². The molecule has 0 bridgehead atoms. The fourth-order valence-corrected chi connectivity index (χ4v) is 7.10. The maximum atomic E-state index is 11.9. The predicted octanol–water partition coefficient (Wildman–Crippen LogP) is 1.35. The smallest absolute Gasteiger partial charge is 0.244 e. The molecule has 6 nitrogen and oxygen atoms in total. The van der Waals surface area contributed by atoms with E-state index >= 15 is 0 Å². The third-order valence-corrected chi connectivity index (χ3v) is 7.48. The van der Waals surface area contributed by atoms with Gasteiger partial charge in [-0.1, -0.05) is 23.9 Å². The number of ether oxygens (including phenoxy) is 1. The van der Waals surface area contributed by atoms with Gasteiger partial charge in [-0.05, 0) is 24.1 Å². The van der Waals surface area contributed by atoms with Crippen molar-refractivity contribution in [2.75, 3.05) is 25.2 Å². The molecule has 0 saturated carbocycles. The number of nitrogens with zero attached hydrogens (tertiary/aromatic N) is 2. The molecule has 1 aromatic rings. The Labute approximate surface area is 146 Å². The quantitative estimate of drug-likeness (QED) is 0.799. The largest absolute Gasteiger partial charge is 0.497 e. The number of methoxy groups -OCH3 is 1. The summed E-state index contributed by atoms with van der Waals surface area (Å²) in [5.74, 6) is 0.855. The fraction of sp³-hybridized carbons (Fsp3) is 0.500. The molecule has 1 amide bonds. The Kier molecular flexibility index (Phi) is 4.87. The lowest BCUT2D eigenvalue weighted by atomic mass is 10.1. The van der Waals surface area contributed by atoms with Crippen molar-refractivity contribution in [3.05, 3.63) is 29.8 Å². The van der Waals surface area contributed by atoms with Crippen molar-refractivity contribution in [2.45, 2.75) is 24.6 Å². The second-order valence-corrected chi connectivity index (χ2v) is 9.37. The lowest BCUT2D eigenvalue weighted by molar-refractivity contribution is -0.115. The number of hydrogen-bond donors (Lipinski definition) is 0. The van der Waals surface area contributed by atoms with E-state index in [9.17, 15) is 13.2 Å². The molecule has 2 heterocycles. The Hall–Kier alpha value is -1.54. The van der Waals surface area contributed by atoms with Gasteiger partial charge in [-0.3, -0.25) is 4.79 Å². The van der Waals surface area contributed by atoms with E-state index in [-0.39, 0.29) is 28.7 Å². The van der Waals surface area contributed by atoms with Crippen LogP contribution < -0.4 is 4.74 Å². The van der Waals surface area contributed by atoms with E-state index in [0.29, 0.717) is 11.7 Å². The van der Waals surface area contributed by atoms with Gasteiger partial charge in [0.15, 0.2) is 15.0 Å². The van der Waals surface area contributed by atoms with Gasteiger partial charge >= 0.3 is 0 Å². The normalized spacial score (nSPS) is 26.6. The molecule has 2 atom stereocenters. The fourth-order valence-electron chi connectivity index (χ4n) is 3.07. The van der Waals surface area contributed by atoms with Crippen LogP contribution in [0.1, 0.15) is 12.5 Å². The Balaban J connectivity index is 1.75. The van der Waals surface area contributed by atoms with Gasteiger partial charge in [0, 0.05) is 18.7 Å². The highest BCUT2D eigenvalue weighted by atomic mass is 32.2. The van der Waals surface area contributed by atoms with Crippen molar-refractivity contribution in [3.8, 4) is 5.75 Å². The Morgan fingerprint density at radius 2 is 2.04 bits per heavy atom. The first kappa shape index (κ1) is 17.3. The molecule has 0 aromatic heterocycles. The number of aliphatic imine (C=N–C) groups is 1. The van der Waals surface area contributed by atoms with Crippen LogP contribution in [0, 0.1) is 0 Å². The van der Waals surface area contributed by atoms with Crippen LogP contribution >= 0.6 is 11.8 Å². The van der Waals surface area contributed by atoms with E-state index in [4.69, 9.17) is 4.74 Å². The van der Waals surface area contributed by atoms with Gasteiger partial charge in [-0.25, -0.2) is 8.42 Å². The molecule has 130 valence electrons. The number of amides is 1. The Bertz CT molecular complexity index is 759. The Morgan fingerprint density at radius 3 is 2.67 bits per heavy atom. The number of fused-ring (bicyclic) bond motifs is 1. The van der Waals surface area contributed by atoms with Crippen LogP contribution in [0.2, 0.25) is 0 Å². The highest BCUT2D eigenvalue weighted by molar-refractivity contribution is 8.15. The van der Waals surface area contributed by atoms with Gasteiger partial charge in [0.2, 0.25) is 5.91 Å². The van der Waals surface area contributed by atoms with Crippen LogP contribution in [0.15, 0.2) is 29.3 Å². The molecule has 0 spiro atoms. The molecule has 2 fully saturated rings. The van der Waals surface area contributed by atoms with E-state index in [0.717, 1.165) is 17.7 Å². The maximum absolute atomic E-state index is 11.9. The van der Waals surface area contributed by atoms with E-state index < -0.39 is 9.84 Å². The zero-order chi connectivity index (χ0) is 17.3. The van der Waals surface area contributed by atoms with Crippen LogP contribution in [-0.2, 0) is 21.1 Å². The molecular formula is C16H20N2O4S2. The topological polar surface area (TPSA) is 76.0 Å². The van der Waals surface area contributed by atoms with Gasteiger partial charge in [0.25, 0.3) is 0 Å². The lowest BCUT2D eigenvalue weighted by Gasteiger charge is -2.24. The zero-order valence-corrected chi connectivity index (χ0v) is 15.3. The van der Waals surface area contributed by atoms with Gasteiger partial charge in [0.1, 0.15) is 5.75 Å². The van der Waals surface area contributed by atoms with Gasteiger partial charge < -0.3 is 9.64 Å². The summed E-state index contributed by atoms with van der Waals surface area (Å²) in [5.41, 5.74) is 1.13. The van der Waals surface area contributed by atoms with Crippen molar-refractivity contribution in [3.63, 3.8) is 0 Å².